The molecule has 2 amide bonds. The molecule has 0 aromatic heterocycles. The third-order valence-corrected chi connectivity index (χ3v) is 5.55. The van der Waals surface area contributed by atoms with Gasteiger partial charge in [-0.2, -0.15) is 0 Å². The van der Waals surface area contributed by atoms with Gasteiger partial charge < -0.3 is 10.2 Å². The minimum absolute atomic E-state index is 0.162. The van der Waals surface area contributed by atoms with Gasteiger partial charge in [-0.05, 0) is 37.2 Å². The van der Waals surface area contributed by atoms with Gasteiger partial charge in [0.25, 0.3) is 0 Å². The van der Waals surface area contributed by atoms with Gasteiger partial charge >= 0.3 is 6.03 Å². The number of amides is 2. The third kappa shape index (κ3) is 4.73. The average Bonchev–Trinajstić information content (AvgIpc) is 2.64. The van der Waals surface area contributed by atoms with Crippen molar-refractivity contribution in [1.82, 2.24) is 15.1 Å². The van der Waals surface area contributed by atoms with Crippen LogP contribution in [0.3, 0.4) is 0 Å². The lowest BCUT2D eigenvalue weighted by atomic mass is 9.96. The molecule has 4 heteroatoms. The van der Waals surface area contributed by atoms with Gasteiger partial charge in [-0.3, -0.25) is 4.90 Å². The second kappa shape index (κ2) is 8.52. The maximum atomic E-state index is 12.5. The van der Waals surface area contributed by atoms with Gasteiger partial charge in [0.05, 0.1) is 0 Å². The SMILES string of the molecule is CCC1CCCN(C(=O)NC2CCN(Cc3ccccc3)CC2)C1. The number of nitrogens with zero attached hydrogens (tertiary/aromatic N) is 2. The van der Waals surface area contributed by atoms with Crippen molar-refractivity contribution in [2.45, 2.75) is 51.6 Å². The van der Waals surface area contributed by atoms with Crippen LogP contribution in [0.5, 0.6) is 0 Å². The van der Waals surface area contributed by atoms with Crippen LogP contribution >= 0.6 is 0 Å². The van der Waals surface area contributed by atoms with Crippen molar-refractivity contribution >= 4 is 6.03 Å². The standard InChI is InChI=1S/C20H31N3O/c1-2-17-9-6-12-23(16-17)20(24)21-19-10-13-22(14-11-19)15-18-7-4-3-5-8-18/h3-5,7-8,17,19H,2,6,9-16H2,1H3,(H,21,24). The number of likely N-dealkylation sites (tertiary alicyclic amines) is 2. The van der Waals surface area contributed by atoms with Crippen molar-refractivity contribution in [2.24, 2.45) is 5.92 Å². The molecule has 0 aliphatic carbocycles. The van der Waals surface area contributed by atoms with E-state index in [-0.39, 0.29) is 6.03 Å². The molecule has 2 aliphatic rings. The molecule has 4 nitrogen and oxygen atoms in total. The molecular formula is C20H31N3O. The first-order valence-corrected chi connectivity index (χ1v) is 9.56. The molecule has 24 heavy (non-hydrogen) atoms. The highest BCUT2D eigenvalue weighted by atomic mass is 16.2. The van der Waals surface area contributed by atoms with Crippen LogP contribution in [-0.2, 0) is 6.54 Å². The van der Waals surface area contributed by atoms with E-state index in [9.17, 15) is 4.79 Å². The summed E-state index contributed by atoms with van der Waals surface area (Å²) in [5.74, 6) is 0.692. The van der Waals surface area contributed by atoms with Crippen LogP contribution in [0.25, 0.3) is 0 Å². The second-order valence-corrected chi connectivity index (χ2v) is 7.35. The van der Waals surface area contributed by atoms with Crippen molar-refractivity contribution < 1.29 is 4.79 Å². The first-order chi connectivity index (χ1) is 11.7. The molecular weight excluding hydrogens is 298 g/mol. The van der Waals surface area contributed by atoms with E-state index in [2.05, 4.69) is 47.5 Å². The Morgan fingerprint density at radius 2 is 1.88 bits per heavy atom. The van der Waals surface area contributed by atoms with Gasteiger partial charge in [0.1, 0.15) is 0 Å². The van der Waals surface area contributed by atoms with Crippen LogP contribution in [-0.4, -0.2) is 48.1 Å². The number of carbonyl (C=O) groups excluding carboxylic acids is 1. The summed E-state index contributed by atoms with van der Waals surface area (Å²) < 4.78 is 0. The Morgan fingerprint density at radius 3 is 2.58 bits per heavy atom. The van der Waals surface area contributed by atoms with E-state index < -0.39 is 0 Å². The molecule has 2 fully saturated rings. The summed E-state index contributed by atoms with van der Waals surface area (Å²) in [5.41, 5.74) is 1.37. The molecule has 1 unspecified atom stereocenters. The zero-order chi connectivity index (χ0) is 16.8. The fourth-order valence-electron chi connectivity index (χ4n) is 3.93. The fraction of sp³-hybridized carbons (Fsp3) is 0.650. The highest BCUT2D eigenvalue weighted by molar-refractivity contribution is 5.74. The predicted octanol–water partition coefficient (Wildman–Crippen LogP) is 3.48. The predicted molar refractivity (Wildman–Crippen MR) is 97.9 cm³/mol. The van der Waals surface area contributed by atoms with Gasteiger partial charge in [0.2, 0.25) is 0 Å². The smallest absolute Gasteiger partial charge is 0.317 e. The molecule has 0 bridgehead atoms. The summed E-state index contributed by atoms with van der Waals surface area (Å²) in [5, 5.41) is 3.28. The molecule has 1 aromatic rings. The minimum Gasteiger partial charge on any atom is -0.335 e. The number of hydrogen-bond donors (Lipinski definition) is 1. The van der Waals surface area contributed by atoms with Crippen molar-refractivity contribution in [3.8, 4) is 0 Å². The molecule has 2 heterocycles. The topological polar surface area (TPSA) is 35.6 Å². The first kappa shape index (κ1) is 17.3. The number of benzene rings is 1. The number of hydrogen-bond acceptors (Lipinski definition) is 2. The van der Waals surface area contributed by atoms with Gasteiger partial charge in [-0.15, -0.1) is 0 Å². The Balaban J connectivity index is 1.41. The lowest BCUT2D eigenvalue weighted by molar-refractivity contribution is 0.148. The van der Waals surface area contributed by atoms with Crippen LogP contribution in [0.2, 0.25) is 0 Å². The third-order valence-electron chi connectivity index (χ3n) is 5.55. The normalized spacial score (nSPS) is 23.2. The van der Waals surface area contributed by atoms with Crippen LogP contribution < -0.4 is 5.32 Å². The number of nitrogens with one attached hydrogen (secondary N) is 1. The Labute approximate surface area is 146 Å². The van der Waals surface area contributed by atoms with Crippen molar-refractivity contribution in [2.75, 3.05) is 26.2 Å². The molecule has 3 rings (SSSR count). The van der Waals surface area contributed by atoms with Gasteiger partial charge in [-0.1, -0.05) is 43.7 Å². The Bertz CT molecular complexity index is 511. The lowest BCUT2D eigenvalue weighted by Gasteiger charge is -2.36. The Hall–Kier alpha value is -1.55. The second-order valence-electron chi connectivity index (χ2n) is 7.35. The van der Waals surface area contributed by atoms with E-state index >= 15 is 0 Å². The molecule has 0 radical (unpaired) electrons. The van der Waals surface area contributed by atoms with Crippen molar-refractivity contribution in [3.63, 3.8) is 0 Å². The zero-order valence-corrected chi connectivity index (χ0v) is 14.9. The lowest BCUT2D eigenvalue weighted by Crippen LogP contribution is -2.51. The first-order valence-electron chi connectivity index (χ1n) is 9.56. The maximum Gasteiger partial charge on any atom is 0.317 e. The summed E-state index contributed by atoms with van der Waals surface area (Å²) in [6, 6.07) is 11.1. The maximum absolute atomic E-state index is 12.5. The average molecular weight is 329 g/mol. The molecule has 0 spiro atoms. The minimum atomic E-state index is 0.162. The van der Waals surface area contributed by atoms with Crippen molar-refractivity contribution in [3.05, 3.63) is 35.9 Å². The van der Waals surface area contributed by atoms with Crippen LogP contribution in [0, 0.1) is 5.92 Å². The number of urea groups is 1. The van der Waals surface area contributed by atoms with Crippen LogP contribution in [0.15, 0.2) is 30.3 Å². The molecule has 1 N–H and O–H groups in total. The summed E-state index contributed by atoms with van der Waals surface area (Å²) in [7, 11) is 0. The van der Waals surface area contributed by atoms with Crippen LogP contribution in [0.4, 0.5) is 4.79 Å². The van der Waals surface area contributed by atoms with E-state index in [1.807, 2.05) is 4.90 Å². The molecule has 1 atom stereocenters. The van der Waals surface area contributed by atoms with E-state index in [1.54, 1.807) is 0 Å². The van der Waals surface area contributed by atoms with E-state index in [1.165, 1.54) is 18.4 Å². The summed E-state index contributed by atoms with van der Waals surface area (Å²) in [6.07, 6.45) is 5.73. The molecule has 2 aliphatic heterocycles. The van der Waals surface area contributed by atoms with Crippen molar-refractivity contribution in [1.29, 1.82) is 0 Å². The molecule has 0 saturated carbocycles. The van der Waals surface area contributed by atoms with Gasteiger partial charge in [-0.25, -0.2) is 4.79 Å². The van der Waals surface area contributed by atoms with Crippen LogP contribution in [0.1, 0.15) is 44.6 Å². The number of rotatable bonds is 4. The summed E-state index contributed by atoms with van der Waals surface area (Å²) in [6.45, 7) is 7.25. The number of carbonyl (C=O) groups is 1. The highest BCUT2D eigenvalue weighted by Crippen LogP contribution is 2.20. The monoisotopic (exact) mass is 329 g/mol. The zero-order valence-electron chi connectivity index (χ0n) is 14.9. The Morgan fingerprint density at radius 1 is 1.12 bits per heavy atom. The molecule has 132 valence electrons. The fourth-order valence-corrected chi connectivity index (χ4v) is 3.93. The quantitative estimate of drug-likeness (QED) is 0.918. The summed E-state index contributed by atoms with van der Waals surface area (Å²) >= 11 is 0. The van der Waals surface area contributed by atoms with E-state index in [0.717, 1.165) is 52.0 Å². The largest absolute Gasteiger partial charge is 0.335 e. The van der Waals surface area contributed by atoms with E-state index in [0.29, 0.717) is 12.0 Å². The Kier molecular flexibility index (Phi) is 6.13. The van der Waals surface area contributed by atoms with Gasteiger partial charge in [0.15, 0.2) is 0 Å². The molecule has 2 saturated heterocycles. The highest BCUT2D eigenvalue weighted by Gasteiger charge is 2.26. The molecule has 1 aromatic carbocycles. The number of piperidine rings is 2. The van der Waals surface area contributed by atoms with E-state index in [4.69, 9.17) is 0 Å². The van der Waals surface area contributed by atoms with Gasteiger partial charge in [0, 0.05) is 38.8 Å². The summed E-state index contributed by atoms with van der Waals surface area (Å²) in [4.78, 5) is 17.0.